The monoisotopic (exact) mass is 205 g/mol. The van der Waals surface area contributed by atoms with Crippen LogP contribution in [0.5, 0.6) is 11.6 Å². The molecule has 1 aromatic heterocycles. The second-order valence-corrected chi connectivity index (χ2v) is 3.04. The Morgan fingerprint density at radius 1 is 1.33 bits per heavy atom. The highest BCUT2D eigenvalue weighted by molar-refractivity contribution is 5.45. The van der Waals surface area contributed by atoms with Crippen molar-refractivity contribution in [3.63, 3.8) is 0 Å². The van der Waals surface area contributed by atoms with Gasteiger partial charge in [-0.05, 0) is 24.3 Å². The molecule has 0 fully saturated rings. The molecule has 0 saturated heterocycles. The second-order valence-electron chi connectivity index (χ2n) is 3.04. The van der Waals surface area contributed by atoms with E-state index in [1.165, 1.54) is 10.7 Å². The first-order valence-electron chi connectivity index (χ1n) is 4.39. The van der Waals surface area contributed by atoms with Gasteiger partial charge < -0.3 is 15.6 Å². The maximum absolute atomic E-state index is 9.16. The Labute approximate surface area is 86.7 Å². The molecule has 0 unspecified atom stereocenters. The predicted octanol–water partition coefficient (Wildman–Crippen LogP) is 1.17. The first-order valence-corrected chi connectivity index (χ1v) is 4.39. The van der Waals surface area contributed by atoms with Crippen LogP contribution in [-0.4, -0.2) is 22.0 Å². The van der Waals surface area contributed by atoms with Crippen LogP contribution in [0.4, 0.5) is 5.82 Å². The Morgan fingerprint density at radius 3 is 2.47 bits per heavy atom. The molecule has 78 valence electrons. The number of nitrogens with zero attached hydrogens (tertiary/aromatic N) is 2. The number of nitrogens with two attached hydrogens (primary N) is 1. The first-order chi connectivity index (χ1) is 7.20. The van der Waals surface area contributed by atoms with E-state index in [0.717, 1.165) is 11.4 Å². The van der Waals surface area contributed by atoms with Gasteiger partial charge in [0.25, 0.3) is 0 Å². The number of nitrogen functional groups attached to an aromatic ring is 1. The van der Waals surface area contributed by atoms with Crippen molar-refractivity contribution >= 4 is 5.82 Å². The number of anilines is 1. The molecule has 1 heterocycles. The lowest BCUT2D eigenvalue weighted by Crippen LogP contribution is -2.01. The van der Waals surface area contributed by atoms with E-state index < -0.39 is 0 Å². The van der Waals surface area contributed by atoms with Gasteiger partial charge in [-0.25, -0.2) is 4.68 Å². The van der Waals surface area contributed by atoms with Gasteiger partial charge in [0.05, 0.1) is 12.8 Å². The Balaban J connectivity index is 2.41. The van der Waals surface area contributed by atoms with Crippen LogP contribution in [0.1, 0.15) is 0 Å². The minimum absolute atomic E-state index is 0.0941. The topological polar surface area (TPSA) is 73.3 Å². The molecule has 0 aliphatic rings. The van der Waals surface area contributed by atoms with E-state index >= 15 is 0 Å². The zero-order valence-corrected chi connectivity index (χ0v) is 8.21. The van der Waals surface area contributed by atoms with E-state index in [1.807, 2.05) is 12.1 Å². The SMILES string of the molecule is COc1ccc(-n2nc(O)cc2N)cc1. The molecule has 0 atom stereocenters. The molecule has 2 rings (SSSR count). The first kappa shape index (κ1) is 9.39. The Morgan fingerprint density at radius 2 is 2.00 bits per heavy atom. The zero-order chi connectivity index (χ0) is 10.8. The van der Waals surface area contributed by atoms with E-state index in [1.54, 1.807) is 19.2 Å². The third-order valence-electron chi connectivity index (χ3n) is 2.04. The molecule has 0 amide bonds. The van der Waals surface area contributed by atoms with Crippen molar-refractivity contribution in [1.29, 1.82) is 0 Å². The van der Waals surface area contributed by atoms with Gasteiger partial charge in [0, 0.05) is 6.07 Å². The molecule has 3 N–H and O–H groups in total. The van der Waals surface area contributed by atoms with E-state index in [0.29, 0.717) is 5.82 Å². The molecule has 0 bridgehead atoms. The molecule has 2 aromatic rings. The lowest BCUT2D eigenvalue weighted by Gasteiger charge is -2.04. The van der Waals surface area contributed by atoms with Crippen molar-refractivity contribution in [2.24, 2.45) is 0 Å². The van der Waals surface area contributed by atoms with Gasteiger partial charge in [0.15, 0.2) is 0 Å². The van der Waals surface area contributed by atoms with Gasteiger partial charge in [0.1, 0.15) is 11.6 Å². The van der Waals surface area contributed by atoms with Gasteiger partial charge in [-0.15, -0.1) is 5.10 Å². The van der Waals surface area contributed by atoms with Crippen LogP contribution >= 0.6 is 0 Å². The van der Waals surface area contributed by atoms with Gasteiger partial charge in [-0.1, -0.05) is 0 Å². The molecule has 0 spiro atoms. The van der Waals surface area contributed by atoms with Crippen molar-refractivity contribution in [2.45, 2.75) is 0 Å². The summed E-state index contributed by atoms with van der Waals surface area (Å²) in [6.45, 7) is 0. The summed E-state index contributed by atoms with van der Waals surface area (Å²) in [4.78, 5) is 0. The normalized spacial score (nSPS) is 10.2. The highest BCUT2D eigenvalue weighted by Crippen LogP contribution is 2.19. The van der Waals surface area contributed by atoms with Gasteiger partial charge >= 0.3 is 0 Å². The summed E-state index contributed by atoms with van der Waals surface area (Å²) in [5.41, 5.74) is 6.43. The Bertz CT molecular complexity index is 462. The average Bonchev–Trinajstić information content (AvgIpc) is 2.58. The Hall–Kier alpha value is -2.17. The fourth-order valence-electron chi connectivity index (χ4n) is 1.31. The number of aromatic hydroxyl groups is 1. The molecular formula is C10H11N3O2. The number of ether oxygens (including phenoxy) is 1. The van der Waals surface area contributed by atoms with Crippen LogP contribution in [-0.2, 0) is 0 Å². The maximum Gasteiger partial charge on any atom is 0.232 e. The third kappa shape index (κ3) is 1.71. The Kier molecular flexibility index (Phi) is 2.21. The minimum Gasteiger partial charge on any atom is -0.497 e. The van der Waals surface area contributed by atoms with Crippen molar-refractivity contribution in [2.75, 3.05) is 12.8 Å². The van der Waals surface area contributed by atoms with E-state index in [-0.39, 0.29) is 5.88 Å². The number of aromatic nitrogens is 2. The molecule has 0 saturated carbocycles. The fraction of sp³-hybridized carbons (Fsp3) is 0.100. The van der Waals surface area contributed by atoms with Crippen LogP contribution in [0.25, 0.3) is 5.69 Å². The molecule has 0 radical (unpaired) electrons. The van der Waals surface area contributed by atoms with Gasteiger partial charge in [-0.3, -0.25) is 0 Å². The lowest BCUT2D eigenvalue weighted by molar-refractivity contribution is 0.414. The third-order valence-corrected chi connectivity index (χ3v) is 2.04. The largest absolute Gasteiger partial charge is 0.497 e. The molecule has 1 aromatic carbocycles. The van der Waals surface area contributed by atoms with Crippen molar-refractivity contribution in [3.8, 4) is 17.3 Å². The lowest BCUT2D eigenvalue weighted by atomic mass is 10.3. The van der Waals surface area contributed by atoms with Crippen LogP contribution < -0.4 is 10.5 Å². The quantitative estimate of drug-likeness (QED) is 0.771. The van der Waals surface area contributed by atoms with Crippen molar-refractivity contribution < 1.29 is 9.84 Å². The summed E-state index contributed by atoms with van der Waals surface area (Å²) in [5, 5.41) is 13.0. The van der Waals surface area contributed by atoms with E-state index in [2.05, 4.69) is 5.10 Å². The van der Waals surface area contributed by atoms with Crippen LogP contribution in [0.3, 0.4) is 0 Å². The number of hydrogen-bond acceptors (Lipinski definition) is 4. The predicted molar refractivity (Wildman–Crippen MR) is 56.2 cm³/mol. The van der Waals surface area contributed by atoms with Crippen molar-refractivity contribution in [3.05, 3.63) is 30.3 Å². The van der Waals surface area contributed by atoms with Gasteiger partial charge in [-0.2, -0.15) is 0 Å². The highest BCUT2D eigenvalue weighted by atomic mass is 16.5. The second kappa shape index (κ2) is 3.53. The molecule has 15 heavy (non-hydrogen) atoms. The summed E-state index contributed by atoms with van der Waals surface area (Å²) in [6.07, 6.45) is 0. The molecule has 5 nitrogen and oxygen atoms in total. The van der Waals surface area contributed by atoms with Crippen LogP contribution in [0.15, 0.2) is 30.3 Å². The molecule has 5 heteroatoms. The maximum atomic E-state index is 9.16. The molecule has 0 aliphatic carbocycles. The summed E-state index contributed by atoms with van der Waals surface area (Å²) < 4.78 is 6.48. The van der Waals surface area contributed by atoms with E-state index in [4.69, 9.17) is 15.6 Å². The highest BCUT2D eigenvalue weighted by Gasteiger charge is 2.05. The van der Waals surface area contributed by atoms with E-state index in [9.17, 15) is 0 Å². The number of rotatable bonds is 2. The number of benzene rings is 1. The number of hydrogen-bond donors (Lipinski definition) is 2. The molecular weight excluding hydrogens is 194 g/mol. The summed E-state index contributed by atoms with van der Waals surface area (Å²) in [5.74, 6) is 1.05. The van der Waals surface area contributed by atoms with Crippen molar-refractivity contribution in [1.82, 2.24) is 9.78 Å². The van der Waals surface area contributed by atoms with Crippen LogP contribution in [0, 0.1) is 0 Å². The summed E-state index contributed by atoms with van der Waals surface area (Å²) in [7, 11) is 1.60. The minimum atomic E-state index is -0.0941. The van der Waals surface area contributed by atoms with Gasteiger partial charge in [0.2, 0.25) is 5.88 Å². The zero-order valence-electron chi connectivity index (χ0n) is 8.21. The summed E-state index contributed by atoms with van der Waals surface area (Å²) >= 11 is 0. The number of methoxy groups -OCH3 is 1. The average molecular weight is 205 g/mol. The standard InChI is InChI=1S/C10H11N3O2/c1-15-8-4-2-7(3-5-8)13-9(11)6-10(14)12-13/h2-6H,11H2,1H3,(H,12,14). The summed E-state index contributed by atoms with van der Waals surface area (Å²) in [6, 6.07) is 8.61. The smallest absolute Gasteiger partial charge is 0.232 e. The van der Waals surface area contributed by atoms with Crippen LogP contribution in [0.2, 0.25) is 0 Å². The molecule has 0 aliphatic heterocycles. The fourth-order valence-corrected chi connectivity index (χ4v) is 1.31.